The number of anilines is 1. The summed E-state index contributed by atoms with van der Waals surface area (Å²) >= 11 is 0. The van der Waals surface area contributed by atoms with Crippen molar-refractivity contribution in [1.82, 2.24) is 0 Å². The molecule has 4 heteroatoms. The molecule has 0 atom stereocenters. The van der Waals surface area contributed by atoms with E-state index in [0.717, 1.165) is 16.8 Å². The molecule has 0 aliphatic carbocycles. The zero-order valence-corrected chi connectivity index (χ0v) is 15.1. The van der Waals surface area contributed by atoms with E-state index in [1.165, 1.54) is 0 Å². The topological polar surface area (TPSA) is 53.3 Å². The molecule has 3 aromatic carbocycles. The normalized spacial score (nSPS) is 10.1. The SMILES string of the molecule is Cc1ccc(N(Cc2ccccc2)C(=O)COc2ccccc2C#N)cc1. The van der Waals surface area contributed by atoms with Gasteiger partial charge < -0.3 is 9.64 Å². The molecule has 0 aromatic heterocycles. The van der Waals surface area contributed by atoms with Crippen molar-refractivity contribution in [2.45, 2.75) is 13.5 Å². The number of aryl methyl sites for hydroxylation is 1. The Hall–Kier alpha value is -3.58. The van der Waals surface area contributed by atoms with Gasteiger partial charge in [0.15, 0.2) is 6.61 Å². The number of hydrogen-bond acceptors (Lipinski definition) is 3. The molecule has 0 fully saturated rings. The second-order valence-corrected chi connectivity index (χ2v) is 6.20. The molecule has 0 aliphatic heterocycles. The van der Waals surface area contributed by atoms with Crippen molar-refractivity contribution < 1.29 is 9.53 Å². The van der Waals surface area contributed by atoms with Crippen LogP contribution < -0.4 is 9.64 Å². The first-order valence-corrected chi connectivity index (χ1v) is 8.70. The first-order valence-electron chi connectivity index (χ1n) is 8.70. The number of para-hydroxylation sites is 1. The van der Waals surface area contributed by atoms with E-state index >= 15 is 0 Å². The third-order valence-corrected chi connectivity index (χ3v) is 4.19. The first kappa shape index (κ1) is 18.2. The Bertz CT molecular complexity index is 944. The molecule has 0 radical (unpaired) electrons. The van der Waals surface area contributed by atoms with Gasteiger partial charge in [-0.1, -0.05) is 60.2 Å². The van der Waals surface area contributed by atoms with Crippen molar-refractivity contribution in [3.63, 3.8) is 0 Å². The van der Waals surface area contributed by atoms with E-state index in [9.17, 15) is 4.79 Å². The van der Waals surface area contributed by atoms with Crippen LogP contribution in [0.25, 0.3) is 0 Å². The van der Waals surface area contributed by atoms with Gasteiger partial charge in [-0.25, -0.2) is 0 Å². The fourth-order valence-electron chi connectivity index (χ4n) is 2.72. The maximum absolute atomic E-state index is 12.9. The van der Waals surface area contributed by atoms with Crippen LogP contribution in [-0.4, -0.2) is 12.5 Å². The number of rotatable bonds is 6. The molecule has 0 saturated carbocycles. The average molecular weight is 356 g/mol. The molecule has 134 valence electrons. The van der Waals surface area contributed by atoms with Crippen LogP contribution in [0.4, 0.5) is 5.69 Å². The van der Waals surface area contributed by atoms with Crippen molar-refractivity contribution in [3.05, 3.63) is 95.6 Å². The Morgan fingerprint density at radius 2 is 1.63 bits per heavy atom. The zero-order valence-electron chi connectivity index (χ0n) is 15.1. The summed E-state index contributed by atoms with van der Waals surface area (Å²) in [5.41, 5.74) is 3.38. The zero-order chi connectivity index (χ0) is 19.1. The van der Waals surface area contributed by atoms with Crippen LogP contribution in [0.2, 0.25) is 0 Å². The van der Waals surface area contributed by atoms with E-state index in [1.54, 1.807) is 29.2 Å². The van der Waals surface area contributed by atoms with Gasteiger partial charge in [0.2, 0.25) is 0 Å². The summed E-state index contributed by atoms with van der Waals surface area (Å²) in [5.74, 6) is 0.243. The number of carbonyl (C=O) groups is 1. The number of benzene rings is 3. The fourth-order valence-corrected chi connectivity index (χ4v) is 2.72. The van der Waals surface area contributed by atoms with Crippen molar-refractivity contribution >= 4 is 11.6 Å². The number of ether oxygens (including phenoxy) is 1. The third-order valence-electron chi connectivity index (χ3n) is 4.19. The molecule has 4 nitrogen and oxygen atoms in total. The summed E-state index contributed by atoms with van der Waals surface area (Å²) in [6, 6.07) is 26.6. The van der Waals surface area contributed by atoms with Crippen LogP contribution >= 0.6 is 0 Å². The number of hydrogen-bond donors (Lipinski definition) is 0. The van der Waals surface area contributed by atoms with Crippen molar-refractivity contribution in [2.75, 3.05) is 11.5 Å². The highest BCUT2D eigenvalue weighted by molar-refractivity contribution is 5.94. The Morgan fingerprint density at radius 1 is 0.963 bits per heavy atom. The molecule has 27 heavy (non-hydrogen) atoms. The van der Waals surface area contributed by atoms with Gasteiger partial charge in [0.25, 0.3) is 5.91 Å². The molecule has 0 unspecified atom stereocenters. The quantitative estimate of drug-likeness (QED) is 0.654. The smallest absolute Gasteiger partial charge is 0.265 e. The molecule has 3 rings (SSSR count). The highest BCUT2D eigenvalue weighted by Gasteiger charge is 2.17. The molecular weight excluding hydrogens is 336 g/mol. The lowest BCUT2D eigenvalue weighted by Gasteiger charge is -2.23. The van der Waals surface area contributed by atoms with Gasteiger partial charge >= 0.3 is 0 Å². The Balaban J connectivity index is 1.80. The minimum absolute atomic E-state index is 0.139. The van der Waals surface area contributed by atoms with E-state index in [2.05, 4.69) is 6.07 Å². The van der Waals surface area contributed by atoms with E-state index in [-0.39, 0.29) is 12.5 Å². The highest BCUT2D eigenvalue weighted by Crippen LogP contribution is 2.20. The molecule has 0 N–H and O–H groups in total. The second kappa shape index (κ2) is 8.68. The largest absolute Gasteiger partial charge is 0.482 e. The van der Waals surface area contributed by atoms with E-state index in [4.69, 9.17) is 10.00 Å². The van der Waals surface area contributed by atoms with Gasteiger partial charge in [0, 0.05) is 5.69 Å². The molecular formula is C23H20N2O2. The summed E-state index contributed by atoms with van der Waals surface area (Å²) in [6.45, 7) is 2.32. The van der Waals surface area contributed by atoms with Crippen LogP contribution in [0.15, 0.2) is 78.9 Å². The highest BCUT2D eigenvalue weighted by atomic mass is 16.5. The number of carbonyl (C=O) groups excluding carboxylic acids is 1. The van der Waals surface area contributed by atoms with Crippen LogP contribution in [0, 0.1) is 18.3 Å². The molecule has 1 amide bonds. The van der Waals surface area contributed by atoms with Crippen molar-refractivity contribution in [1.29, 1.82) is 5.26 Å². The van der Waals surface area contributed by atoms with Gasteiger partial charge in [-0.3, -0.25) is 4.79 Å². The lowest BCUT2D eigenvalue weighted by atomic mass is 10.1. The second-order valence-electron chi connectivity index (χ2n) is 6.20. The van der Waals surface area contributed by atoms with E-state index in [1.807, 2.05) is 61.5 Å². The molecule has 0 heterocycles. The summed E-state index contributed by atoms with van der Waals surface area (Å²) in [6.07, 6.45) is 0. The number of nitriles is 1. The lowest BCUT2D eigenvalue weighted by Crippen LogP contribution is -2.34. The molecule has 0 saturated heterocycles. The number of amides is 1. The van der Waals surface area contributed by atoms with Gasteiger partial charge in [-0.05, 0) is 36.8 Å². The fraction of sp³-hybridized carbons (Fsp3) is 0.130. The molecule has 0 bridgehead atoms. The minimum Gasteiger partial charge on any atom is -0.482 e. The summed E-state index contributed by atoms with van der Waals surface area (Å²) in [4.78, 5) is 14.6. The van der Waals surface area contributed by atoms with Crippen LogP contribution in [-0.2, 0) is 11.3 Å². The van der Waals surface area contributed by atoms with Gasteiger partial charge in [0.1, 0.15) is 11.8 Å². The number of nitrogens with zero attached hydrogens (tertiary/aromatic N) is 2. The van der Waals surface area contributed by atoms with Crippen molar-refractivity contribution in [3.8, 4) is 11.8 Å². The third kappa shape index (κ3) is 4.74. The predicted octanol–water partition coefficient (Wildman–Crippen LogP) is 4.48. The molecule has 0 spiro atoms. The Kier molecular flexibility index (Phi) is 5.86. The van der Waals surface area contributed by atoms with E-state index in [0.29, 0.717) is 17.9 Å². The monoisotopic (exact) mass is 356 g/mol. The van der Waals surface area contributed by atoms with Gasteiger partial charge in [0.05, 0.1) is 12.1 Å². The van der Waals surface area contributed by atoms with E-state index < -0.39 is 0 Å². The summed E-state index contributed by atoms with van der Waals surface area (Å²) in [5, 5.41) is 9.17. The van der Waals surface area contributed by atoms with Crippen molar-refractivity contribution in [2.24, 2.45) is 0 Å². The van der Waals surface area contributed by atoms with Crippen LogP contribution in [0.5, 0.6) is 5.75 Å². The summed E-state index contributed by atoms with van der Waals surface area (Å²) in [7, 11) is 0. The maximum Gasteiger partial charge on any atom is 0.265 e. The Morgan fingerprint density at radius 3 is 2.33 bits per heavy atom. The summed E-state index contributed by atoms with van der Waals surface area (Å²) < 4.78 is 5.64. The predicted molar refractivity (Wildman–Crippen MR) is 105 cm³/mol. The van der Waals surface area contributed by atoms with Crippen LogP contribution in [0.1, 0.15) is 16.7 Å². The Labute approximate surface area is 159 Å². The average Bonchev–Trinajstić information content (AvgIpc) is 2.72. The molecule has 0 aliphatic rings. The van der Waals surface area contributed by atoms with Crippen LogP contribution in [0.3, 0.4) is 0 Å². The lowest BCUT2D eigenvalue weighted by molar-refractivity contribution is -0.120. The first-order chi connectivity index (χ1) is 13.2. The molecule has 3 aromatic rings. The standard InChI is InChI=1S/C23H20N2O2/c1-18-11-13-21(14-12-18)25(16-19-7-3-2-4-8-19)23(26)17-27-22-10-6-5-9-20(22)15-24/h2-14H,16-17H2,1H3. The van der Waals surface area contributed by atoms with Gasteiger partial charge in [-0.15, -0.1) is 0 Å². The van der Waals surface area contributed by atoms with Gasteiger partial charge in [-0.2, -0.15) is 5.26 Å². The maximum atomic E-state index is 12.9. The minimum atomic E-state index is -0.171.